The molecule has 3 amide bonds. The minimum Gasteiger partial charge on any atom is -0.327 e. The molecule has 0 N–H and O–H groups in total. The van der Waals surface area contributed by atoms with Crippen LogP contribution in [0.4, 0.5) is 5.69 Å². The minimum absolute atomic E-state index is 0.0564. The Bertz CT molecular complexity index is 810. The number of carbonyl (C=O) groups excluding carboxylic acids is 3. The third-order valence-electron chi connectivity index (χ3n) is 7.96. The summed E-state index contributed by atoms with van der Waals surface area (Å²) in [5, 5.41) is 0. The number of para-hydroxylation sites is 1. The second-order valence-corrected chi connectivity index (χ2v) is 10.0. The molecule has 3 aliphatic rings. The first-order valence-corrected chi connectivity index (χ1v) is 10.9. The van der Waals surface area contributed by atoms with Gasteiger partial charge in [-0.05, 0) is 35.8 Å². The maximum absolute atomic E-state index is 13.8. The summed E-state index contributed by atoms with van der Waals surface area (Å²) in [5.74, 6) is -0.510. The van der Waals surface area contributed by atoms with Crippen molar-refractivity contribution >= 4 is 23.4 Å². The molecule has 5 nitrogen and oxygen atoms in total. The highest BCUT2D eigenvalue weighted by Crippen LogP contribution is 2.69. The van der Waals surface area contributed by atoms with Crippen LogP contribution in [-0.4, -0.2) is 34.7 Å². The van der Waals surface area contributed by atoms with E-state index in [2.05, 4.69) is 27.7 Å². The molecule has 2 aliphatic carbocycles. The standard InChI is InChI=1S/C24H32N2O3/c1-23(2)20(24(23,3)4)22(29)25(16-11-7-5-8-12-16)18-15-19(27)26(21(18)28)17-13-9-6-10-14-17/h6,9-10,13-14,16,18,20H,5,7-8,11-12,15H2,1-4H3. The summed E-state index contributed by atoms with van der Waals surface area (Å²) in [6.45, 7) is 8.53. The third kappa shape index (κ3) is 3.10. The first-order chi connectivity index (χ1) is 13.7. The molecule has 4 rings (SSSR count). The Hall–Kier alpha value is -2.17. The third-order valence-corrected chi connectivity index (χ3v) is 7.96. The van der Waals surface area contributed by atoms with E-state index in [1.165, 1.54) is 11.3 Å². The van der Waals surface area contributed by atoms with Crippen LogP contribution in [0.3, 0.4) is 0 Å². The zero-order chi connectivity index (χ0) is 21.0. The molecule has 29 heavy (non-hydrogen) atoms. The van der Waals surface area contributed by atoms with Gasteiger partial charge in [0.15, 0.2) is 0 Å². The van der Waals surface area contributed by atoms with Crippen LogP contribution in [0.25, 0.3) is 0 Å². The van der Waals surface area contributed by atoms with Crippen molar-refractivity contribution in [1.82, 2.24) is 4.90 Å². The SMILES string of the molecule is CC1(C)C(C(=O)N(C2CCCCC2)C2CC(=O)N(c3ccccc3)C2=O)C1(C)C. The van der Waals surface area contributed by atoms with E-state index in [1.54, 1.807) is 12.1 Å². The molecule has 1 aromatic carbocycles. The quantitative estimate of drug-likeness (QED) is 0.718. The lowest BCUT2D eigenvalue weighted by molar-refractivity contribution is -0.144. The zero-order valence-corrected chi connectivity index (χ0v) is 18.0. The van der Waals surface area contributed by atoms with Crippen molar-refractivity contribution in [1.29, 1.82) is 0 Å². The number of hydrogen-bond donors (Lipinski definition) is 0. The lowest BCUT2D eigenvalue weighted by atomic mass is 9.92. The monoisotopic (exact) mass is 396 g/mol. The molecular formula is C24H32N2O3. The highest BCUT2D eigenvalue weighted by Gasteiger charge is 2.69. The van der Waals surface area contributed by atoms with Gasteiger partial charge in [-0.15, -0.1) is 0 Å². The van der Waals surface area contributed by atoms with E-state index in [9.17, 15) is 14.4 Å². The fourth-order valence-electron chi connectivity index (χ4n) is 5.59. The number of carbonyl (C=O) groups is 3. The number of anilines is 1. The molecule has 1 unspecified atom stereocenters. The maximum atomic E-state index is 13.8. The Labute approximate surface area is 173 Å². The second kappa shape index (κ2) is 6.96. The van der Waals surface area contributed by atoms with Gasteiger partial charge in [-0.3, -0.25) is 14.4 Å². The molecule has 156 valence electrons. The molecule has 5 heteroatoms. The second-order valence-electron chi connectivity index (χ2n) is 10.0. The van der Waals surface area contributed by atoms with Crippen LogP contribution in [0.15, 0.2) is 30.3 Å². The van der Waals surface area contributed by atoms with Gasteiger partial charge >= 0.3 is 0 Å². The first kappa shape index (κ1) is 20.1. The number of hydrogen-bond acceptors (Lipinski definition) is 3. The summed E-state index contributed by atoms with van der Waals surface area (Å²) < 4.78 is 0. The summed E-state index contributed by atoms with van der Waals surface area (Å²) in [6, 6.07) is 8.44. The van der Waals surface area contributed by atoms with Crippen molar-refractivity contribution in [3.8, 4) is 0 Å². The van der Waals surface area contributed by atoms with E-state index < -0.39 is 6.04 Å². The molecule has 1 atom stereocenters. The maximum Gasteiger partial charge on any atom is 0.257 e. The van der Waals surface area contributed by atoms with Crippen LogP contribution in [0.1, 0.15) is 66.2 Å². The first-order valence-electron chi connectivity index (χ1n) is 10.9. The van der Waals surface area contributed by atoms with Gasteiger partial charge in [0.05, 0.1) is 12.1 Å². The Balaban J connectivity index is 1.66. The summed E-state index contributed by atoms with van der Waals surface area (Å²) in [4.78, 5) is 43.1. The lowest BCUT2D eigenvalue weighted by Crippen LogP contribution is -2.52. The van der Waals surface area contributed by atoms with Gasteiger partial charge in [0, 0.05) is 12.0 Å². The van der Waals surface area contributed by atoms with Crippen molar-refractivity contribution in [2.45, 2.75) is 78.3 Å². The van der Waals surface area contributed by atoms with Gasteiger partial charge < -0.3 is 4.90 Å². The predicted molar refractivity (Wildman–Crippen MR) is 112 cm³/mol. The Morgan fingerprint density at radius 3 is 2.10 bits per heavy atom. The highest BCUT2D eigenvalue weighted by molar-refractivity contribution is 6.23. The summed E-state index contributed by atoms with van der Waals surface area (Å²) in [5.41, 5.74) is 0.400. The number of rotatable bonds is 4. The van der Waals surface area contributed by atoms with Gasteiger partial charge in [-0.25, -0.2) is 4.90 Å². The van der Waals surface area contributed by atoms with Crippen LogP contribution in [0, 0.1) is 16.7 Å². The molecule has 1 aliphatic heterocycles. The normalized spacial score (nSPS) is 26.6. The largest absolute Gasteiger partial charge is 0.327 e. The average molecular weight is 397 g/mol. The Kier molecular flexibility index (Phi) is 4.83. The number of benzene rings is 1. The van der Waals surface area contributed by atoms with Crippen molar-refractivity contribution in [3.05, 3.63) is 30.3 Å². The highest BCUT2D eigenvalue weighted by atomic mass is 16.2. The molecule has 1 saturated heterocycles. The van der Waals surface area contributed by atoms with Crippen LogP contribution in [0.5, 0.6) is 0 Å². The van der Waals surface area contributed by atoms with Crippen LogP contribution in [0.2, 0.25) is 0 Å². The molecule has 0 radical (unpaired) electrons. The Morgan fingerprint density at radius 1 is 0.966 bits per heavy atom. The van der Waals surface area contributed by atoms with E-state index in [-0.39, 0.29) is 46.9 Å². The van der Waals surface area contributed by atoms with Crippen molar-refractivity contribution in [2.24, 2.45) is 16.7 Å². The van der Waals surface area contributed by atoms with Crippen molar-refractivity contribution in [2.75, 3.05) is 4.90 Å². The van der Waals surface area contributed by atoms with Crippen LogP contribution in [-0.2, 0) is 14.4 Å². The van der Waals surface area contributed by atoms with E-state index in [1.807, 2.05) is 23.1 Å². The Morgan fingerprint density at radius 2 is 1.55 bits per heavy atom. The van der Waals surface area contributed by atoms with Gasteiger partial charge in [0.25, 0.3) is 5.91 Å². The molecule has 2 saturated carbocycles. The zero-order valence-electron chi connectivity index (χ0n) is 18.0. The molecule has 0 spiro atoms. The molecule has 1 aromatic rings. The average Bonchev–Trinajstić information content (AvgIpc) is 2.92. The number of amides is 3. The molecule has 3 fully saturated rings. The predicted octanol–water partition coefficient (Wildman–Crippen LogP) is 4.16. The molecule has 0 bridgehead atoms. The molecule has 0 aromatic heterocycles. The van der Waals surface area contributed by atoms with E-state index >= 15 is 0 Å². The van der Waals surface area contributed by atoms with E-state index in [0.29, 0.717) is 5.69 Å². The molecule has 1 heterocycles. The van der Waals surface area contributed by atoms with Crippen molar-refractivity contribution < 1.29 is 14.4 Å². The van der Waals surface area contributed by atoms with Gasteiger partial charge in [-0.2, -0.15) is 0 Å². The van der Waals surface area contributed by atoms with Crippen LogP contribution >= 0.6 is 0 Å². The summed E-state index contributed by atoms with van der Waals surface area (Å²) >= 11 is 0. The van der Waals surface area contributed by atoms with E-state index in [0.717, 1.165) is 25.7 Å². The van der Waals surface area contributed by atoms with Crippen LogP contribution < -0.4 is 4.90 Å². The topological polar surface area (TPSA) is 57.7 Å². The lowest BCUT2D eigenvalue weighted by Gasteiger charge is -2.38. The summed E-state index contributed by atoms with van der Waals surface area (Å²) in [6.07, 6.45) is 5.24. The number of nitrogens with zero attached hydrogens (tertiary/aromatic N) is 2. The van der Waals surface area contributed by atoms with Gasteiger partial charge in [0.1, 0.15) is 6.04 Å². The summed E-state index contributed by atoms with van der Waals surface area (Å²) in [7, 11) is 0. The fourth-order valence-corrected chi connectivity index (χ4v) is 5.59. The number of imide groups is 1. The molecular weight excluding hydrogens is 364 g/mol. The van der Waals surface area contributed by atoms with Gasteiger partial charge in [0.2, 0.25) is 11.8 Å². The smallest absolute Gasteiger partial charge is 0.257 e. The fraction of sp³-hybridized carbons (Fsp3) is 0.625. The van der Waals surface area contributed by atoms with Gasteiger partial charge in [-0.1, -0.05) is 65.2 Å². The van der Waals surface area contributed by atoms with E-state index in [4.69, 9.17) is 0 Å². The minimum atomic E-state index is -0.675. The van der Waals surface area contributed by atoms with Crippen molar-refractivity contribution in [3.63, 3.8) is 0 Å².